The van der Waals surface area contributed by atoms with Gasteiger partial charge >= 0.3 is 5.97 Å². The highest BCUT2D eigenvalue weighted by atomic mass is 127. The second-order valence-electron chi connectivity index (χ2n) is 3.07. The van der Waals surface area contributed by atoms with E-state index in [1.165, 1.54) is 11.3 Å². The minimum Gasteiger partial charge on any atom is -0.420 e. The Balaban J connectivity index is 2.28. The predicted octanol–water partition coefficient (Wildman–Crippen LogP) is 4.78. The maximum atomic E-state index is 11.8. The van der Waals surface area contributed by atoms with Gasteiger partial charge in [0.2, 0.25) is 0 Å². The summed E-state index contributed by atoms with van der Waals surface area (Å²) in [4.78, 5) is 12.5. The van der Waals surface area contributed by atoms with Crippen molar-refractivity contribution in [1.29, 1.82) is 0 Å². The monoisotopic (exact) mass is 582 g/mol. The lowest BCUT2D eigenvalue weighted by Gasteiger charge is -2.08. The van der Waals surface area contributed by atoms with Crippen molar-refractivity contribution in [2.45, 2.75) is 0 Å². The van der Waals surface area contributed by atoms with Gasteiger partial charge in [0.15, 0.2) is 5.75 Å². The Morgan fingerprint density at radius 1 is 1.18 bits per heavy atom. The topological polar surface area (TPSA) is 26.3 Å². The van der Waals surface area contributed by atoms with Crippen LogP contribution in [0.2, 0.25) is 0 Å². The number of hydrogen-bond acceptors (Lipinski definition) is 3. The lowest BCUT2D eigenvalue weighted by Crippen LogP contribution is -2.08. The normalized spacial score (nSPS) is 10.3. The third kappa shape index (κ3) is 3.53. The molecule has 2 aromatic rings. The van der Waals surface area contributed by atoms with E-state index in [1.807, 2.05) is 23.6 Å². The van der Waals surface area contributed by atoms with E-state index >= 15 is 0 Å². The highest BCUT2D eigenvalue weighted by molar-refractivity contribution is 14.1. The van der Waals surface area contributed by atoms with Crippen LogP contribution in [0.4, 0.5) is 0 Å². The summed E-state index contributed by atoms with van der Waals surface area (Å²) < 4.78 is 8.46. The lowest BCUT2D eigenvalue weighted by atomic mass is 10.3. The smallest absolute Gasteiger partial charge is 0.353 e. The van der Waals surface area contributed by atoms with E-state index in [4.69, 9.17) is 4.74 Å². The first-order valence-corrected chi connectivity index (χ1v) is 8.60. The number of benzene rings is 1. The second kappa shape index (κ2) is 6.15. The molecular formula is C11H5I3O2S. The van der Waals surface area contributed by atoms with Gasteiger partial charge in [0.1, 0.15) is 4.88 Å². The summed E-state index contributed by atoms with van der Waals surface area (Å²) >= 11 is 7.99. The molecule has 0 aliphatic rings. The molecule has 0 aliphatic heterocycles. The van der Waals surface area contributed by atoms with E-state index in [0.29, 0.717) is 10.6 Å². The van der Waals surface area contributed by atoms with Crippen molar-refractivity contribution in [2.75, 3.05) is 0 Å². The largest absolute Gasteiger partial charge is 0.420 e. The third-order valence-corrected chi connectivity index (χ3v) is 4.96. The van der Waals surface area contributed by atoms with E-state index in [2.05, 4.69) is 67.8 Å². The van der Waals surface area contributed by atoms with Gasteiger partial charge in [-0.05, 0) is 91.4 Å². The summed E-state index contributed by atoms with van der Waals surface area (Å²) in [6.07, 6.45) is 0. The van der Waals surface area contributed by atoms with Crippen LogP contribution in [0.5, 0.6) is 5.75 Å². The molecule has 1 aromatic heterocycles. The molecular weight excluding hydrogens is 577 g/mol. The van der Waals surface area contributed by atoms with Crippen molar-refractivity contribution in [3.63, 3.8) is 0 Å². The maximum absolute atomic E-state index is 11.8. The number of rotatable bonds is 2. The Kier molecular flexibility index (Phi) is 5.06. The van der Waals surface area contributed by atoms with E-state index in [9.17, 15) is 4.79 Å². The Morgan fingerprint density at radius 2 is 1.82 bits per heavy atom. The zero-order valence-electron chi connectivity index (χ0n) is 8.25. The average Bonchev–Trinajstić information content (AvgIpc) is 2.76. The fourth-order valence-electron chi connectivity index (χ4n) is 1.16. The highest BCUT2D eigenvalue weighted by Gasteiger charge is 2.14. The summed E-state index contributed by atoms with van der Waals surface area (Å²) in [5, 5.41) is 1.86. The van der Waals surface area contributed by atoms with Crippen LogP contribution >= 0.6 is 79.1 Å². The van der Waals surface area contributed by atoms with Crippen LogP contribution in [-0.4, -0.2) is 5.97 Å². The Morgan fingerprint density at radius 3 is 2.35 bits per heavy atom. The van der Waals surface area contributed by atoms with Crippen LogP contribution in [-0.2, 0) is 0 Å². The van der Waals surface area contributed by atoms with Gasteiger partial charge in [0.05, 0.1) is 7.14 Å². The molecule has 0 bridgehead atoms. The Hall–Kier alpha value is 0.580. The molecule has 0 radical (unpaired) electrons. The Bertz CT molecular complexity index is 529. The van der Waals surface area contributed by atoms with Gasteiger partial charge in [0.25, 0.3) is 0 Å². The molecule has 2 rings (SSSR count). The van der Waals surface area contributed by atoms with Gasteiger partial charge in [0, 0.05) is 3.57 Å². The molecule has 6 heteroatoms. The van der Waals surface area contributed by atoms with E-state index in [1.54, 1.807) is 6.07 Å². The number of hydrogen-bond donors (Lipinski definition) is 0. The third-order valence-electron chi connectivity index (χ3n) is 1.88. The maximum Gasteiger partial charge on any atom is 0.353 e. The molecule has 17 heavy (non-hydrogen) atoms. The van der Waals surface area contributed by atoms with Crippen molar-refractivity contribution in [1.82, 2.24) is 0 Å². The first-order chi connectivity index (χ1) is 8.08. The number of thiophene rings is 1. The number of ether oxygens (including phenoxy) is 1. The molecule has 0 fully saturated rings. The number of carbonyl (C=O) groups excluding carboxylic acids is 1. The number of esters is 1. The first-order valence-electron chi connectivity index (χ1n) is 4.48. The fourth-order valence-corrected chi connectivity index (χ4v) is 5.57. The zero-order chi connectivity index (χ0) is 12.4. The molecule has 0 aliphatic carbocycles. The van der Waals surface area contributed by atoms with Crippen LogP contribution in [0.3, 0.4) is 0 Å². The summed E-state index contributed by atoms with van der Waals surface area (Å²) in [6, 6.07) is 7.57. The molecule has 0 unspecified atom stereocenters. The van der Waals surface area contributed by atoms with E-state index in [-0.39, 0.29) is 5.97 Å². The van der Waals surface area contributed by atoms with Gasteiger partial charge < -0.3 is 4.74 Å². The van der Waals surface area contributed by atoms with Gasteiger partial charge in [-0.2, -0.15) is 0 Å². The predicted molar refractivity (Wildman–Crippen MR) is 93.9 cm³/mol. The highest BCUT2D eigenvalue weighted by Crippen LogP contribution is 2.30. The van der Waals surface area contributed by atoms with Crippen LogP contribution in [0.25, 0.3) is 0 Å². The zero-order valence-corrected chi connectivity index (χ0v) is 15.5. The van der Waals surface area contributed by atoms with Gasteiger partial charge in [-0.25, -0.2) is 4.79 Å². The molecule has 0 saturated carbocycles. The molecule has 1 aromatic carbocycles. The summed E-state index contributed by atoms with van der Waals surface area (Å²) in [5.41, 5.74) is 0. The van der Waals surface area contributed by atoms with E-state index < -0.39 is 0 Å². The number of halogens is 3. The first kappa shape index (κ1) is 14.0. The van der Waals surface area contributed by atoms with Gasteiger partial charge in [-0.1, -0.05) is 6.07 Å². The van der Waals surface area contributed by atoms with E-state index in [0.717, 1.165) is 10.7 Å². The molecule has 1 heterocycles. The van der Waals surface area contributed by atoms with Gasteiger partial charge in [-0.15, -0.1) is 11.3 Å². The number of carbonyl (C=O) groups is 1. The van der Waals surface area contributed by atoms with Crippen LogP contribution in [0.15, 0.2) is 29.6 Å². The molecule has 2 nitrogen and oxygen atoms in total. The van der Waals surface area contributed by atoms with Crippen molar-refractivity contribution < 1.29 is 9.53 Å². The fraction of sp³-hybridized carbons (Fsp3) is 0. The van der Waals surface area contributed by atoms with Crippen LogP contribution < -0.4 is 4.74 Å². The Labute approximate surface area is 144 Å². The summed E-state index contributed by atoms with van der Waals surface area (Å²) in [7, 11) is 0. The second-order valence-corrected chi connectivity index (χ2v) is 7.58. The minimum absolute atomic E-state index is 0.294. The minimum atomic E-state index is -0.294. The standard InChI is InChI=1S/C11H5I3O2S/c12-6-4-7(13)10(8(14)5-6)16-11(15)9-2-1-3-17-9/h1-5H. The lowest BCUT2D eigenvalue weighted by molar-refractivity contribution is 0.0737. The van der Waals surface area contributed by atoms with Crippen molar-refractivity contribution >= 4 is 85.1 Å². The van der Waals surface area contributed by atoms with Gasteiger partial charge in [-0.3, -0.25) is 0 Å². The van der Waals surface area contributed by atoms with Crippen molar-refractivity contribution in [2.24, 2.45) is 0 Å². The quantitative estimate of drug-likeness (QED) is 0.290. The molecule has 88 valence electrons. The molecule has 0 atom stereocenters. The summed E-state index contributed by atoms with van der Waals surface area (Å²) in [6.45, 7) is 0. The van der Waals surface area contributed by atoms with Crippen molar-refractivity contribution in [3.05, 3.63) is 45.2 Å². The average molecular weight is 582 g/mol. The molecule has 0 saturated heterocycles. The SMILES string of the molecule is O=C(Oc1c(I)cc(I)cc1I)c1cccs1. The summed E-state index contributed by atoms with van der Waals surface area (Å²) in [5.74, 6) is 0.349. The van der Waals surface area contributed by atoms with Crippen LogP contribution in [0.1, 0.15) is 9.67 Å². The van der Waals surface area contributed by atoms with Crippen LogP contribution in [0, 0.1) is 10.7 Å². The molecule has 0 N–H and O–H groups in total. The van der Waals surface area contributed by atoms with Crippen molar-refractivity contribution in [3.8, 4) is 5.75 Å². The molecule has 0 spiro atoms. The molecule has 0 amide bonds.